The van der Waals surface area contributed by atoms with Crippen molar-refractivity contribution in [3.05, 3.63) is 60.8 Å². The fourth-order valence-electron chi connectivity index (χ4n) is 5.69. The van der Waals surface area contributed by atoms with Crippen LogP contribution in [0.25, 0.3) is 0 Å². The van der Waals surface area contributed by atoms with Gasteiger partial charge < -0.3 is 20.3 Å². The summed E-state index contributed by atoms with van der Waals surface area (Å²) >= 11 is 0. The topological polar surface area (TPSA) is 95.9 Å². The minimum Gasteiger partial charge on any atom is -0.462 e. The van der Waals surface area contributed by atoms with Crippen molar-refractivity contribution in [2.75, 3.05) is 6.61 Å². The number of ether oxygens (including phenoxy) is 1. The van der Waals surface area contributed by atoms with E-state index in [4.69, 9.17) is 4.74 Å². The summed E-state index contributed by atoms with van der Waals surface area (Å²) in [5, 5.41) is 23.4. The molecule has 3 unspecified atom stereocenters. The number of aliphatic hydroxyl groups excluding tert-OH is 2. The molecular formula is C43H75NO5. The zero-order valence-electron chi connectivity index (χ0n) is 31.8. The highest BCUT2D eigenvalue weighted by Gasteiger charge is 2.24. The SMILES string of the molecule is CC/C=C/C=C/C=C\C=C/C=C/CCCC(=O)OC(CCCCCCCCC)CC(=O)NC(CO)C(O)CCCCCCCCCCCC. The minimum atomic E-state index is -0.796. The van der Waals surface area contributed by atoms with Crippen LogP contribution in [-0.4, -0.2) is 46.9 Å². The molecule has 282 valence electrons. The van der Waals surface area contributed by atoms with Gasteiger partial charge in [0.25, 0.3) is 0 Å². The van der Waals surface area contributed by atoms with Crippen LogP contribution in [0, 0.1) is 0 Å². The first kappa shape index (κ1) is 46.6. The Bertz CT molecular complexity index is 906. The van der Waals surface area contributed by atoms with Gasteiger partial charge in [-0.2, -0.15) is 0 Å². The Kier molecular flexibility index (Phi) is 35.0. The number of allylic oxidation sites excluding steroid dienone is 10. The molecule has 0 aliphatic carbocycles. The summed E-state index contributed by atoms with van der Waals surface area (Å²) < 4.78 is 5.80. The lowest BCUT2D eigenvalue weighted by Crippen LogP contribution is -2.46. The highest BCUT2D eigenvalue weighted by molar-refractivity contribution is 5.77. The number of nitrogens with one attached hydrogen (secondary N) is 1. The number of carbonyl (C=O) groups is 2. The van der Waals surface area contributed by atoms with Crippen LogP contribution in [0.3, 0.4) is 0 Å². The summed E-state index contributed by atoms with van der Waals surface area (Å²) in [5.74, 6) is -0.574. The van der Waals surface area contributed by atoms with E-state index in [2.05, 4.69) is 32.2 Å². The summed E-state index contributed by atoms with van der Waals surface area (Å²) in [6.45, 7) is 6.24. The predicted molar refractivity (Wildman–Crippen MR) is 208 cm³/mol. The molecule has 0 spiro atoms. The summed E-state index contributed by atoms with van der Waals surface area (Å²) in [6.07, 6.45) is 42.9. The third kappa shape index (κ3) is 32.5. The summed E-state index contributed by atoms with van der Waals surface area (Å²) in [4.78, 5) is 25.7. The Morgan fingerprint density at radius 3 is 1.59 bits per heavy atom. The Balaban J connectivity index is 4.65. The molecule has 0 fully saturated rings. The van der Waals surface area contributed by atoms with Crippen LogP contribution in [0.1, 0.15) is 175 Å². The molecule has 0 radical (unpaired) electrons. The molecule has 6 nitrogen and oxygen atoms in total. The lowest BCUT2D eigenvalue weighted by molar-refractivity contribution is -0.151. The predicted octanol–water partition coefficient (Wildman–Crippen LogP) is 10.9. The first-order valence-corrected chi connectivity index (χ1v) is 20.1. The number of esters is 1. The number of hydrogen-bond acceptors (Lipinski definition) is 5. The Morgan fingerprint density at radius 1 is 0.612 bits per heavy atom. The number of rotatable bonds is 34. The molecule has 6 heteroatoms. The fourth-order valence-corrected chi connectivity index (χ4v) is 5.69. The number of unbranched alkanes of at least 4 members (excludes halogenated alkanes) is 16. The zero-order valence-corrected chi connectivity index (χ0v) is 31.8. The monoisotopic (exact) mass is 686 g/mol. The lowest BCUT2D eigenvalue weighted by atomic mass is 10.0. The van der Waals surface area contributed by atoms with Crippen molar-refractivity contribution in [2.45, 2.75) is 193 Å². The van der Waals surface area contributed by atoms with Gasteiger partial charge in [0.15, 0.2) is 0 Å². The van der Waals surface area contributed by atoms with E-state index in [1.807, 2.05) is 54.7 Å². The van der Waals surface area contributed by atoms with E-state index in [0.29, 0.717) is 25.7 Å². The highest BCUT2D eigenvalue weighted by atomic mass is 16.5. The molecule has 3 N–H and O–H groups in total. The third-order valence-electron chi connectivity index (χ3n) is 8.74. The molecule has 1 amide bonds. The molecule has 0 saturated heterocycles. The largest absolute Gasteiger partial charge is 0.462 e. The number of amides is 1. The van der Waals surface area contributed by atoms with Gasteiger partial charge in [0.05, 0.1) is 25.2 Å². The summed E-state index contributed by atoms with van der Waals surface area (Å²) in [5.41, 5.74) is 0. The van der Waals surface area contributed by atoms with Crippen molar-refractivity contribution < 1.29 is 24.5 Å². The Hall–Kier alpha value is -2.44. The van der Waals surface area contributed by atoms with Crippen molar-refractivity contribution in [2.24, 2.45) is 0 Å². The van der Waals surface area contributed by atoms with E-state index < -0.39 is 18.2 Å². The van der Waals surface area contributed by atoms with E-state index in [9.17, 15) is 19.8 Å². The van der Waals surface area contributed by atoms with Crippen LogP contribution >= 0.6 is 0 Å². The molecule has 0 saturated carbocycles. The van der Waals surface area contributed by atoms with Gasteiger partial charge in [-0.15, -0.1) is 0 Å². The molecule has 0 bridgehead atoms. The number of hydrogen-bond donors (Lipinski definition) is 3. The van der Waals surface area contributed by atoms with Gasteiger partial charge in [-0.05, 0) is 38.5 Å². The van der Waals surface area contributed by atoms with E-state index in [1.54, 1.807) is 0 Å². The van der Waals surface area contributed by atoms with Gasteiger partial charge in [0.2, 0.25) is 5.91 Å². The van der Waals surface area contributed by atoms with Gasteiger partial charge in [0, 0.05) is 6.42 Å². The highest BCUT2D eigenvalue weighted by Crippen LogP contribution is 2.16. The Labute approximate surface area is 301 Å². The molecule has 0 heterocycles. The van der Waals surface area contributed by atoms with Crippen LogP contribution in [-0.2, 0) is 14.3 Å². The first-order chi connectivity index (χ1) is 24.0. The average molecular weight is 686 g/mol. The van der Waals surface area contributed by atoms with Crippen LogP contribution < -0.4 is 5.32 Å². The van der Waals surface area contributed by atoms with Crippen molar-refractivity contribution in [3.63, 3.8) is 0 Å². The van der Waals surface area contributed by atoms with Gasteiger partial charge in [-0.3, -0.25) is 9.59 Å². The summed E-state index contributed by atoms with van der Waals surface area (Å²) in [6, 6.07) is -0.711. The van der Waals surface area contributed by atoms with Gasteiger partial charge in [-0.1, -0.05) is 184 Å². The quantitative estimate of drug-likeness (QED) is 0.0356. The zero-order chi connectivity index (χ0) is 36.0. The molecule has 0 rings (SSSR count). The molecule has 0 aromatic rings. The van der Waals surface area contributed by atoms with Crippen molar-refractivity contribution >= 4 is 11.9 Å². The fraction of sp³-hybridized carbons (Fsp3) is 0.721. The van der Waals surface area contributed by atoms with Crippen LogP contribution in [0.15, 0.2) is 60.8 Å². The normalized spacial score (nSPS) is 14.1. The van der Waals surface area contributed by atoms with Crippen molar-refractivity contribution in [1.82, 2.24) is 5.32 Å². The van der Waals surface area contributed by atoms with Gasteiger partial charge in [0.1, 0.15) is 6.10 Å². The van der Waals surface area contributed by atoms with E-state index >= 15 is 0 Å². The van der Waals surface area contributed by atoms with Gasteiger partial charge in [-0.25, -0.2) is 0 Å². The van der Waals surface area contributed by atoms with Crippen molar-refractivity contribution in [3.8, 4) is 0 Å². The molecule has 0 aromatic carbocycles. The molecule has 0 aliphatic rings. The third-order valence-corrected chi connectivity index (χ3v) is 8.74. The van der Waals surface area contributed by atoms with Crippen LogP contribution in [0.4, 0.5) is 0 Å². The molecule has 0 aromatic heterocycles. The smallest absolute Gasteiger partial charge is 0.306 e. The first-order valence-electron chi connectivity index (χ1n) is 20.1. The molecular weight excluding hydrogens is 610 g/mol. The molecule has 49 heavy (non-hydrogen) atoms. The maximum atomic E-state index is 13.0. The Morgan fingerprint density at radius 2 is 1.08 bits per heavy atom. The maximum absolute atomic E-state index is 13.0. The lowest BCUT2D eigenvalue weighted by Gasteiger charge is -2.24. The summed E-state index contributed by atoms with van der Waals surface area (Å²) in [7, 11) is 0. The van der Waals surface area contributed by atoms with Gasteiger partial charge >= 0.3 is 5.97 Å². The second-order valence-electron chi connectivity index (χ2n) is 13.4. The second-order valence-corrected chi connectivity index (χ2v) is 13.4. The maximum Gasteiger partial charge on any atom is 0.306 e. The van der Waals surface area contributed by atoms with Crippen LogP contribution in [0.2, 0.25) is 0 Å². The standard InChI is InChI=1S/C43H75NO5/c1-4-7-10-13-16-18-20-21-22-24-27-30-33-36-43(48)49-39(34-31-28-25-15-12-9-6-3)37-42(47)44-40(38-45)41(46)35-32-29-26-23-19-17-14-11-8-5-2/h7,10,13,16,18,20-22,24,27,39-41,45-46H,4-6,8-9,11-12,14-15,17,19,23,25-26,28-38H2,1-3H3,(H,44,47)/b10-7+,16-13+,20-18-,22-21-,27-24+. The second kappa shape index (κ2) is 36.8. The van der Waals surface area contributed by atoms with E-state index in [1.165, 1.54) is 70.6 Å². The molecule has 0 aliphatic heterocycles. The van der Waals surface area contributed by atoms with E-state index in [-0.39, 0.29) is 24.9 Å². The number of aliphatic hydroxyl groups is 2. The van der Waals surface area contributed by atoms with Crippen LogP contribution in [0.5, 0.6) is 0 Å². The van der Waals surface area contributed by atoms with Crippen molar-refractivity contribution in [1.29, 1.82) is 0 Å². The molecule has 3 atom stereocenters. The van der Waals surface area contributed by atoms with E-state index in [0.717, 1.165) is 51.4 Å². The number of carbonyl (C=O) groups excluding carboxylic acids is 2. The minimum absolute atomic E-state index is 0.0470. The average Bonchev–Trinajstić information content (AvgIpc) is 3.09.